The topological polar surface area (TPSA) is 180 Å². The molecule has 0 unspecified atom stereocenters. The quantitative estimate of drug-likeness (QED) is 0.0627. The summed E-state index contributed by atoms with van der Waals surface area (Å²) in [5.41, 5.74) is 4.48. The van der Waals surface area contributed by atoms with E-state index in [1.165, 1.54) is 30.3 Å². The fourth-order valence-corrected chi connectivity index (χ4v) is 7.23. The lowest BCUT2D eigenvalue weighted by molar-refractivity contribution is 0.218. The molecule has 0 spiro atoms. The molecule has 10 nitrogen and oxygen atoms in total. The molecule has 8 rings (SSSR count). The zero-order chi connectivity index (χ0) is 36.3. The van der Waals surface area contributed by atoms with Gasteiger partial charge in [-0.15, -0.1) is 0 Å². The highest BCUT2D eigenvalue weighted by molar-refractivity contribution is 5.73. The van der Waals surface area contributed by atoms with Gasteiger partial charge in [-0.3, -0.25) is 0 Å². The average Bonchev–Trinajstić information content (AvgIpc) is 3.69. The third kappa shape index (κ3) is 5.75. The molecule has 6 aromatic carbocycles. The Hall–Kier alpha value is -6.94. The Labute approximate surface area is 297 Å². The van der Waals surface area contributed by atoms with Gasteiger partial charge in [0.25, 0.3) is 0 Å². The summed E-state index contributed by atoms with van der Waals surface area (Å²) in [7, 11) is 0. The number of fused-ring (bicyclic) bond motifs is 2. The molecule has 0 saturated carbocycles. The molecule has 10 heteroatoms. The third-order valence-corrected chi connectivity index (χ3v) is 9.57. The lowest BCUT2D eigenvalue weighted by Crippen LogP contribution is -2.11. The predicted octanol–water partition coefficient (Wildman–Crippen LogP) is 8.03. The Morgan fingerprint density at radius 1 is 0.365 bits per heavy atom. The minimum Gasteiger partial charge on any atom is -0.508 e. The molecule has 52 heavy (non-hydrogen) atoms. The monoisotopic (exact) mass is 696 g/mol. The van der Waals surface area contributed by atoms with Crippen molar-refractivity contribution in [3.05, 3.63) is 154 Å². The van der Waals surface area contributed by atoms with Crippen LogP contribution >= 0.6 is 0 Å². The van der Waals surface area contributed by atoms with Gasteiger partial charge in [-0.25, -0.2) is 0 Å². The minimum atomic E-state index is -0.861. The molecule has 0 aliphatic carbocycles. The van der Waals surface area contributed by atoms with Crippen molar-refractivity contribution in [3.8, 4) is 57.5 Å². The number of benzene rings is 6. The summed E-state index contributed by atoms with van der Waals surface area (Å²) in [5.74, 6) is -1.79. The Morgan fingerprint density at radius 3 is 1.50 bits per heavy atom. The van der Waals surface area contributed by atoms with Crippen molar-refractivity contribution in [2.24, 2.45) is 0 Å². The zero-order valence-electron chi connectivity index (χ0n) is 27.3. The molecule has 2 heterocycles. The maximum Gasteiger partial charge on any atom is 0.157 e. The average molecular weight is 697 g/mol. The van der Waals surface area contributed by atoms with E-state index in [0.29, 0.717) is 44.7 Å². The lowest BCUT2D eigenvalue weighted by Gasteiger charge is -2.22. The van der Waals surface area contributed by atoms with Crippen molar-refractivity contribution in [2.45, 2.75) is 24.0 Å². The molecular formula is C42H32O10. The molecule has 0 fully saturated rings. The van der Waals surface area contributed by atoms with Crippen LogP contribution in [0.15, 0.2) is 109 Å². The fraction of sp³-hybridized carbons (Fsp3) is 0.0952. The van der Waals surface area contributed by atoms with Crippen molar-refractivity contribution in [1.29, 1.82) is 0 Å². The third-order valence-electron chi connectivity index (χ3n) is 9.57. The number of ether oxygens (including phenoxy) is 2. The second-order valence-corrected chi connectivity index (χ2v) is 13.0. The fourth-order valence-electron chi connectivity index (χ4n) is 7.23. The van der Waals surface area contributed by atoms with Crippen LogP contribution in [0, 0.1) is 0 Å². The van der Waals surface area contributed by atoms with Crippen LogP contribution in [0.4, 0.5) is 0 Å². The number of rotatable bonds is 6. The van der Waals surface area contributed by atoms with Gasteiger partial charge in [-0.05, 0) is 106 Å². The van der Waals surface area contributed by atoms with Gasteiger partial charge >= 0.3 is 0 Å². The van der Waals surface area contributed by atoms with Crippen molar-refractivity contribution in [1.82, 2.24) is 0 Å². The van der Waals surface area contributed by atoms with Gasteiger partial charge in [0.15, 0.2) is 11.5 Å². The highest BCUT2D eigenvalue weighted by Crippen LogP contribution is 2.58. The summed E-state index contributed by atoms with van der Waals surface area (Å²) in [6.45, 7) is 0. The van der Waals surface area contributed by atoms with Crippen molar-refractivity contribution in [3.63, 3.8) is 0 Å². The first-order chi connectivity index (χ1) is 25.0. The first kappa shape index (κ1) is 32.3. The molecule has 4 atom stereocenters. The standard InChI is InChI=1S/C42H32O10/c43-27-8-3-21(4-9-27)1-2-22-13-33(49)39-35(14-22)51-41(23-5-10-28(44)11-6-23)38(39)26-18-34(50)40-36(19-26)52-42(24-7-12-31(47)32(48)17-24)37(40)25-15-29(45)20-30(46)16-25/h1-20,37-38,41-50H/t37-,38+,41-,42+/m0/s1. The van der Waals surface area contributed by atoms with Crippen LogP contribution in [-0.4, -0.2) is 40.9 Å². The van der Waals surface area contributed by atoms with E-state index in [-0.39, 0.29) is 51.7 Å². The van der Waals surface area contributed by atoms with E-state index in [9.17, 15) is 40.9 Å². The van der Waals surface area contributed by atoms with Gasteiger partial charge in [0, 0.05) is 17.2 Å². The zero-order valence-corrected chi connectivity index (χ0v) is 27.3. The van der Waals surface area contributed by atoms with Crippen LogP contribution in [0.2, 0.25) is 0 Å². The first-order valence-corrected chi connectivity index (χ1v) is 16.4. The maximum atomic E-state index is 11.8. The molecule has 260 valence electrons. The van der Waals surface area contributed by atoms with E-state index < -0.39 is 24.0 Å². The largest absolute Gasteiger partial charge is 0.508 e. The van der Waals surface area contributed by atoms with Gasteiger partial charge in [-0.2, -0.15) is 0 Å². The molecule has 2 aliphatic heterocycles. The van der Waals surface area contributed by atoms with Crippen LogP contribution in [0.25, 0.3) is 12.2 Å². The Balaban J connectivity index is 1.25. The van der Waals surface area contributed by atoms with E-state index in [1.807, 2.05) is 12.2 Å². The summed E-state index contributed by atoms with van der Waals surface area (Å²) in [5, 5.41) is 84.2. The van der Waals surface area contributed by atoms with Crippen LogP contribution < -0.4 is 9.47 Å². The second-order valence-electron chi connectivity index (χ2n) is 13.0. The summed E-state index contributed by atoms with van der Waals surface area (Å²) in [4.78, 5) is 0. The molecular weight excluding hydrogens is 664 g/mol. The highest BCUT2D eigenvalue weighted by atomic mass is 16.5. The van der Waals surface area contributed by atoms with Crippen molar-refractivity contribution < 1.29 is 50.3 Å². The molecule has 0 bridgehead atoms. The summed E-state index contributed by atoms with van der Waals surface area (Å²) < 4.78 is 13.1. The number of aromatic hydroxyl groups is 8. The van der Waals surface area contributed by atoms with Crippen molar-refractivity contribution >= 4 is 12.2 Å². The summed E-state index contributed by atoms with van der Waals surface area (Å²) in [6, 6.07) is 28.3. The summed E-state index contributed by atoms with van der Waals surface area (Å²) in [6.07, 6.45) is 2.10. The normalized spacial score (nSPS) is 18.8. The van der Waals surface area contributed by atoms with Gasteiger partial charge < -0.3 is 50.3 Å². The number of hydrogen-bond donors (Lipinski definition) is 8. The highest BCUT2D eigenvalue weighted by Gasteiger charge is 2.44. The Bertz CT molecular complexity index is 2350. The number of hydrogen-bond acceptors (Lipinski definition) is 10. The lowest BCUT2D eigenvalue weighted by atomic mass is 9.81. The maximum absolute atomic E-state index is 11.8. The minimum absolute atomic E-state index is 0.0411. The van der Waals surface area contributed by atoms with Gasteiger partial charge in [-0.1, -0.05) is 42.5 Å². The van der Waals surface area contributed by atoms with E-state index in [1.54, 1.807) is 78.9 Å². The second kappa shape index (κ2) is 12.4. The molecule has 0 amide bonds. The van der Waals surface area contributed by atoms with Gasteiger partial charge in [0.1, 0.15) is 58.2 Å². The van der Waals surface area contributed by atoms with E-state index in [2.05, 4.69) is 0 Å². The number of phenolic OH excluding ortho intramolecular Hbond substituents is 8. The molecule has 2 aliphatic rings. The van der Waals surface area contributed by atoms with Crippen LogP contribution in [-0.2, 0) is 0 Å². The smallest absolute Gasteiger partial charge is 0.157 e. The van der Waals surface area contributed by atoms with Crippen LogP contribution in [0.5, 0.6) is 57.5 Å². The van der Waals surface area contributed by atoms with E-state index in [0.717, 1.165) is 5.56 Å². The predicted molar refractivity (Wildman–Crippen MR) is 191 cm³/mol. The molecule has 8 N–H and O–H groups in total. The molecule has 0 radical (unpaired) electrons. The first-order valence-electron chi connectivity index (χ1n) is 16.4. The number of phenols is 8. The van der Waals surface area contributed by atoms with E-state index in [4.69, 9.17) is 9.47 Å². The van der Waals surface area contributed by atoms with Gasteiger partial charge in [0.05, 0.1) is 11.8 Å². The molecule has 0 saturated heterocycles. The van der Waals surface area contributed by atoms with Gasteiger partial charge in [0.2, 0.25) is 0 Å². The molecule has 6 aromatic rings. The van der Waals surface area contributed by atoms with Crippen molar-refractivity contribution in [2.75, 3.05) is 0 Å². The van der Waals surface area contributed by atoms with E-state index >= 15 is 0 Å². The van der Waals surface area contributed by atoms with Crippen LogP contribution in [0.3, 0.4) is 0 Å². The molecule has 0 aromatic heterocycles. The SMILES string of the molecule is Oc1ccc(C=Cc2cc(O)c3c(c2)O[C@@H](c2ccc(O)cc2)[C@@H]3c2cc(O)c3c(c2)O[C@H](c2ccc(O)c(O)c2)[C@H]3c2cc(O)cc(O)c2)cc1. The summed E-state index contributed by atoms with van der Waals surface area (Å²) >= 11 is 0. The van der Waals surface area contributed by atoms with Crippen LogP contribution in [0.1, 0.15) is 68.6 Å². The Morgan fingerprint density at radius 2 is 0.865 bits per heavy atom. The Kier molecular flexibility index (Phi) is 7.72.